The van der Waals surface area contributed by atoms with Crippen molar-refractivity contribution in [3.05, 3.63) is 108 Å². The Bertz CT molecular complexity index is 1710. The topological polar surface area (TPSA) is 128 Å². The summed E-state index contributed by atoms with van der Waals surface area (Å²) in [4.78, 5) is 22.2. The van der Waals surface area contributed by atoms with Crippen molar-refractivity contribution in [2.45, 2.75) is 17.4 Å². The fourth-order valence-electron chi connectivity index (χ4n) is 3.95. The Morgan fingerprint density at radius 1 is 0.946 bits per heavy atom. The molecular weight excluding hydrogens is 488 g/mol. The Kier molecular flexibility index (Phi) is 6.60. The van der Waals surface area contributed by atoms with Crippen molar-refractivity contribution in [2.24, 2.45) is 0 Å². The first-order chi connectivity index (χ1) is 17.9. The first-order valence-corrected chi connectivity index (χ1v) is 12.9. The first-order valence-electron chi connectivity index (χ1n) is 11.4. The number of nitrogens with one attached hydrogen (secondary N) is 3. The summed E-state index contributed by atoms with van der Waals surface area (Å²) in [6, 6.07) is 19.7. The molecule has 0 saturated heterocycles. The van der Waals surface area contributed by atoms with Gasteiger partial charge in [-0.25, -0.2) is 13.4 Å². The molecule has 0 bridgehead atoms. The fourth-order valence-corrected chi connectivity index (χ4v) is 5.14. The number of carboxylic acid groups (broad SMARTS) is 1. The second-order valence-electron chi connectivity index (χ2n) is 8.37. The van der Waals surface area contributed by atoms with Gasteiger partial charge in [0.15, 0.2) is 0 Å². The maximum absolute atomic E-state index is 12.9. The number of aliphatic carboxylic acids is 1. The highest BCUT2D eigenvalue weighted by molar-refractivity contribution is 7.89. The molecule has 5 rings (SSSR count). The highest BCUT2D eigenvalue weighted by Gasteiger charge is 2.26. The van der Waals surface area contributed by atoms with Crippen LogP contribution < -0.4 is 4.72 Å². The summed E-state index contributed by atoms with van der Waals surface area (Å²) >= 11 is 0. The van der Waals surface area contributed by atoms with E-state index in [1.807, 2.05) is 48.5 Å². The summed E-state index contributed by atoms with van der Waals surface area (Å²) in [6.45, 7) is 0. The number of H-pyrrole nitrogens is 2. The predicted molar refractivity (Wildman–Crippen MR) is 140 cm³/mol. The molecule has 9 heteroatoms. The van der Waals surface area contributed by atoms with Gasteiger partial charge in [0.25, 0.3) is 0 Å². The van der Waals surface area contributed by atoms with Crippen LogP contribution in [0.3, 0.4) is 0 Å². The molecule has 0 saturated carbocycles. The van der Waals surface area contributed by atoms with Crippen LogP contribution in [0.4, 0.5) is 0 Å². The number of aromatic amines is 2. The Morgan fingerprint density at radius 3 is 2.27 bits per heavy atom. The van der Waals surface area contributed by atoms with Gasteiger partial charge in [0.05, 0.1) is 4.90 Å². The van der Waals surface area contributed by atoms with Gasteiger partial charge < -0.3 is 15.1 Å². The highest BCUT2D eigenvalue weighted by atomic mass is 32.2. The number of benzene rings is 3. The lowest BCUT2D eigenvalue weighted by Crippen LogP contribution is -2.42. The van der Waals surface area contributed by atoms with Crippen LogP contribution in [0.25, 0.3) is 22.3 Å². The third-order valence-electron chi connectivity index (χ3n) is 5.87. The highest BCUT2D eigenvalue weighted by Crippen LogP contribution is 2.20. The van der Waals surface area contributed by atoms with Gasteiger partial charge in [-0.05, 0) is 48.0 Å². The summed E-state index contributed by atoms with van der Waals surface area (Å²) in [5.74, 6) is 5.58. The Labute approximate surface area is 213 Å². The zero-order chi connectivity index (χ0) is 25.8. The summed E-state index contributed by atoms with van der Waals surface area (Å²) in [5, 5.41) is 10.5. The maximum Gasteiger partial charge on any atom is 0.322 e. The zero-order valence-electron chi connectivity index (χ0n) is 19.5. The van der Waals surface area contributed by atoms with Gasteiger partial charge in [-0.1, -0.05) is 42.2 Å². The van der Waals surface area contributed by atoms with Gasteiger partial charge in [0.1, 0.15) is 11.9 Å². The van der Waals surface area contributed by atoms with E-state index >= 15 is 0 Å². The molecule has 184 valence electrons. The summed E-state index contributed by atoms with van der Waals surface area (Å²) in [6.07, 6.45) is 5.15. The van der Waals surface area contributed by atoms with Crippen molar-refractivity contribution in [3.63, 3.8) is 0 Å². The van der Waals surface area contributed by atoms with Crippen molar-refractivity contribution < 1.29 is 18.3 Å². The summed E-state index contributed by atoms with van der Waals surface area (Å²) in [7, 11) is -4.07. The van der Waals surface area contributed by atoms with E-state index in [4.69, 9.17) is 0 Å². The molecule has 4 N–H and O–H groups in total. The van der Waals surface area contributed by atoms with Crippen LogP contribution in [0.1, 0.15) is 16.7 Å². The molecule has 0 fully saturated rings. The summed E-state index contributed by atoms with van der Waals surface area (Å²) < 4.78 is 28.2. The molecule has 0 aliphatic heterocycles. The number of carboxylic acids is 1. The van der Waals surface area contributed by atoms with E-state index < -0.39 is 22.0 Å². The monoisotopic (exact) mass is 510 g/mol. The molecule has 2 aromatic heterocycles. The van der Waals surface area contributed by atoms with Crippen molar-refractivity contribution in [3.8, 4) is 23.2 Å². The van der Waals surface area contributed by atoms with Crippen molar-refractivity contribution in [2.75, 3.05) is 0 Å². The molecule has 0 unspecified atom stereocenters. The number of aromatic nitrogens is 3. The third-order valence-corrected chi connectivity index (χ3v) is 7.35. The van der Waals surface area contributed by atoms with Crippen LogP contribution in [0.2, 0.25) is 0 Å². The average molecular weight is 511 g/mol. The lowest BCUT2D eigenvalue weighted by Gasteiger charge is -2.14. The number of nitrogens with zero attached hydrogens (tertiary/aromatic N) is 1. The number of hydrogen-bond donors (Lipinski definition) is 4. The largest absolute Gasteiger partial charge is 0.480 e. The first kappa shape index (κ1) is 24.1. The Morgan fingerprint density at radius 2 is 1.62 bits per heavy atom. The standard InChI is InChI=1S/C28H22N4O4S/c33-28(34)26(17-22-18-31-25-4-2-1-3-24(22)25)32-37(35,36)23-13-9-20(10-14-23)6-5-19-7-11-21(12-8-19)27-29-15-16-30-27/h1-4,7-16,18,26,31-32H,17H2,(H,29,30)(H,33,34)/t26-/m1/s1. The minimum Gasteiger partial charge on any atom is -0.480 e. The third kappa shape index (κ3) is 5.46. The molecule has 0 amide bonds. The minimum absolute atomic E-state index is 0.000841. The van der Waals surface area contributed by atoms with Crippen LogP contribution >= 0.6 is 0 Å². The molecule has 37 heavy (non-hydrogen) atoms. The number of sulfonamides is 1. The SMILES string of the molecule is O=C(O)[C@@H](Cc1c[nH]c2ccccc12)NS(=O)(=O)c1ccc(C#Cc2ccc(-c3ncc[nH]3)cc2)cc1. The Hall–Kier alpha value is -4.65. The quantitative estimate of drug-likeness (QED) is 0.247. The van der Waals surface area contributed by atoms with Gasteiger partial charge in [-0.15, -0.1) is 0 Å². The van der Waals surface area contributed by atoms with E-state index in [9.17, 15) is 18.3 Å². The normalized spacial score (nSPS) is 12.1. The molecule has 2 heterocycles. The number of para-hydroxylation sites is 1. The molecule has 8 nitrogen and oxygen atoms in total. The van der Waals surface area contributed by atoms with Crippen LogP contribution in [0, 0.1) is 11.8 Å². The average Bonchev–Trinajstić information content (AvgIpc) is 3.58. The number of fused-ring (bicyclic) bond motifs is 1. The fraction of sp³-hybridized carbons (Fsp3) is 0.0714. The molecule has 0 radical (unpaired) electrons. The van der Waals surface area contributed by atoms with E-state index in [1.54, 1.807) is 30.7 Å². The number of carbonyl (C=O) groups is 1. The molecule has 1 atom stereocenters. The molecule has 5 aromatic rings. The van der Waals surface area contributed by atoms with Crippen LogP contribution in [-0.4, -0.2) is 40.5 Å². The molecule has 3 aromatic carbocycles. The van der Waals surface area contributed by atoms with Crippen LogP contribution in [0.15, 0.2) is 96.3 Å². The Balaban J connectivity index is 1.28. The second kappa shape index (κ2) is 10.1. The van der Waals surface area contributed by atoms with Gasteiger partial charge in [0.2, 0.25) is 10.0 Å². The molecule has 0 aliphatic rings. The van der Waals surface area contributed by atoms with Gasteiger partial charge in [-0.2, -0.15) is 4.72 Å². The smallest absolute Gasteiger partial charge is 0.322 e. The predicted octanol–water partition coefficient (Wildman–Crippen LogP) is 3.93. The van der Waals surface area contributed by atoms with E-state index in [1.165, 1.54) is 12.1 Å². The summed E-state index contributed by atoms with van der Waals surface area (Å²) in [5.41, 5.74) is 3.95. The maximum atomic E-state index is 12.9. The van der Waals surface area contributed by atoms with Crippen molar-refractivity contribution in [1.82, 2.24) is 19.7 Å². The van der Waals surface area contributed by atoms with Gasteiger partial charge in [-0.3, -0.25) is 4.79 Å². The van der Waals surface area contributed by atoms with Gasteiger partial charge in [0, 0.05) is 52.6 Å². The molecular formula is C28H22N4O4S. The zero-order valence-corrected chi connectivity index (χ0v) is 20.3. The van der Waals surface area contributed by atoms with Crippen molar-refractivity contribution >= 4 is 26.9 Å². The minimum atomic E-state index is -4.07. The lowest BCUT2D eigenvalue weighted by atomic mass is 10.1. The number of hydrogen-bond acceptors (Lipinski definition) is 4. The second-order valence-corrected chi connectivity index (χ2v) is 10.1. The van der Waals surface area contributed by atoms with Gasteiger partial charge >= 0.3 is 5.97 Å². The van der Waals surface area contributed by atoms with Crippen LogP contribution in [0.5, 0.6) is 0 Å². The number of rotatable bonds is 7. The van der Waals surface area contributed by atoms with Crippen LogP contribution in [-0.2, 0) is 21.2 Å². The van der Waals surface area contributed by atoms with E-state index in [0.29, 0.717) is 11.1 Å². The van der Waals surface area contributed by atoms with E-state index in [-0.39, 0.29) is 11.3 Å². The van der Waals surface area contributed by atoms with E-state index in [2.05, 4.69) is 31.5 Å². The lowest BCUT2D eigenvalue weighted by molar-refractivity contribution is -0.138. The van der Waals surface area contributed by atoms with E-state index in [0.717, 1.165) is 27.9 Å². The molecule has 0 spiro atoms. The molecule has 0 aliphatic carbocycles. The number of imidazole rings is 1. The van der Waals surface area contributed by atoms with Crippen molar-refractivity contribution in [1.29, 1.82) is 0 Å².